The predicted octanol–water partition coefficient (Wildman–Crippen LogP) is 0.121. The Morgan fingerprint density at radius 3 is 2.25 bits per heavy atom. The van der Waals surface area contributed by atoms with Gasteiger partial charge in [-0.05, 0) is 12.1 Å². The maximum atomic E-state index is 11.1. The van der Waals surface area contributed by atoms with Crippen LogP contribution >= 0.6 is 0 Å². The standard InChI is InChI=1S/C7H7NO3S/c9-6-8-12(10,11)7-4-2-1-3-5-7/h1-6H,(H,8,9). The minimum atomic E-state index is -3.63. The highest BCUT2D eigenvalue weighted by atomic mass is 32.2. The van der Waals surface area contributed by atoms with Crippen molar-refractivity contribution in [2.45, 2.75) is 4.90 Å². The van der Waals surface area contributed by atoms with Gasteiger partial charge in [-0.25, -0.2) is 8.42 Å². The molecule has 0 atom stereocenters. The molecule has 0 aliphatic rings. The van der Waals surface area contributed by atoms with Crippen molar-refractivity contribution in [2.75, 3.05) is 0 Å². The van der Waals surface area contributed by atoms with E-state index in [9.17, 15) is 13.2 Å². The van der Waals surface area contributed by atoms with Crippen molar-refractivity contribution < 1.29 is 13.2 Å². The Morgan fingerprint density at radius 1 is 1.17 bits per heavy atom. The summed E-state index contributed by atoms with van der Waals surface area (Å²) >= 11 is 0. The minimum absolute atomic E-state index is 0.0806. The van der Waals surface area contributed by atoms with Gasteiger partial charge in [-0.15, -0.1) is 0 Å². The molecule has 1 rings (SSSR count). The lowest BCUT2D eigenvalue weighted by Gasteiger charge is -1.99. The van der Waals surface area contributed by atoms with Crippen LogP contribution in [0.2, 0.25) is 0 Å². The van der Waals surface area contributed by atoms with E-state index < -0.39 is 10.0 Å². The van der Waals surface area contributed by atoms with Crippen molar-refractivity contribution in [3.63, 3.8) is 0 Å². The summed E-state index contributed by atoms with van der Waals surface area (Å²) in [6.07, 6.45) is 0.141. The highest BCUT2D eigenvalue weighted by molar-refractivity contribution is 7.90. The topological polar surface area (TPSA) is 63.2 Å². The van der Waals surface area contributed by atoms with Gasteiger partial charge in [0.05, 0.1) is 4.90 Å². The molecule has 0 spiro atoms. The molecule has 64 valence electrons. The summed E-state index contributed by atoms with van der Waals surface area (Å²) < 4.78 is 23.9. The summed E-state index contributed by atoms with van der Waals surface area (Å²) in [5.74, 6) is 0. The first kappa shape index (κ1) is 8.73. The van der Waals surface area contributed by atoms with E-state index in [1.54, 1.807) is 22.9 Å². The van der Waals surface area contributed by atoms with Crippen molar-refractivity contribution in [2.24, 2.45) is 0 Å². The van der Waals surface area contributed by atoms with Gasteiger partial charge in [-0.3, -0.25) is 9.52 Å². The van der Waals surface area contributed by atoms with E-state index in [0.717, 1.165) is 0 Å². The first-order valence-corrected chi connectivity index (χ1v) is 4.66. The van der Waals surface area contributed by atoms with Crippen LogP contribution in [0.25, 0.3) is 0 Å². The molecule has 1 amide bonds. The minimum Gasteiger partial charge on any atom is -0.278 e. The Kier molecular flexibility index (Phi) is 2.44. The Bertz CT molecular complexity index is 357. The molecule has 5 heteroatoms. The molecule has 0 heterocycles. The Labute approximate surface area is 70.3 Å². The van der Waals surface area contributed by atoms with Crippen LogP contribution in [0.15, 0.2) is 35.2 Å². The summed E-state index contributed by atoms with van der Waals surface area (Å²) in [7, 11) is -3.63. The first-order valence-electron chi connectivity index (χ1n) is 3.18. The maximum Gasteiger partial charge on any atom is 0.263 e. The quantitative estimate of drug-likeness (QED) is 0.680. The molecule has 1 N–H and O–H groups in total. The lowest BCUT2D eigenvalue weighted by atomic mass is 10.4. The van der Waals surface area contributed by atoms with E-state index in [-0.39, 0.29) is 11.3 Å². The van der Waals surface area contributed by atoms with Gasteiger partial charge in [-0.2, -0.15) is 0 Å². The average Bonchev–Trinajstić information content (AvgIpc) is 2.06. The fourth-order valence-corrected chi connectivity index (χ4v) is 1.51. The monoisotopic (exact) mass is 185 g/mol. The first-order chi connectivity index (χ1) is 5.67. The number of nitrogens with one attached hydrogen (secondary N) is 1. The molecule has 0 fully saturated rings. The fourth-order valence-electron chi connectivity index (χ4n) is 0.731. The van der Waals surface area contributed by atoms with E-state index in [1.807, 2.05) is 0 Å². The Hall–Kier alpha value is -1.36. The largest absolute Gasteiger partial charge is 0.278 e. The second kappa shape index (κ2) is 3.36. The van der Waals surface area contributed by atoms with Crippen molar-refractivity contribution in [1.82, 2.24) is 4.72 Å². The van der Waals surface area contributed by atoms with Crippen LogP contribution in [0.5, 0.6) is 0 Å². The van der Waals surface area contributed by atoms with E-state index in [2.05, 4.69) is 0 Å². The number of rotatable bonds is 3. The zero-order valence-corrected chi connectivity index (χ0v) is 6.91. The van der Waals surface area contributed by atoms with Crippen molar-refractivity contribution in [3.8, 4) is 0 Å². The molecule has 0 saturated carbocycles. The van der Waals surface area contributed by atoms with Crippen LogP contribution in [0.4, 0.5) is 0 Å². The van der Waals surface area contributed by atoms with Crippen LogP contribution in [0.3, 0.4) is 0 Å². The van der Waals surface area contributed by atoms with Gasteiger partial charge in [0.1, 0.15) is 0 Å². The SMILES string of the molecule is O=CNS(=O)(=O)c1ccccc1. The van der Waals surface area contributed by atoms with E-state index in [4.69, 9.17) is 0 Å². The Morgan fingerprint density at radius 2 is 1.75 bits per heavy atom. The smallest absolute Gasteiger partial charge is 0.263 e. The number of amides is 1. The van der Waals surface area contributed by atoms with Gasteiger partial charge in [-0.1, -0.05) is 18.2 Å². The van der Waals surface area contributed by atoms with Gasteiger partial charge in [0.2, 0.25) is 6.41 Å². The molecule has 0 radical (unpaired) electrons. The molecule has 4 nitrogen and oxygen atoms in total. The van der Waals surface area contributed by atoms with Crippen molar-refractivity contribution in [1.29, 1.82) is 0 Å². The molecule has 0 unspecified atom stereocenters. The van der Waals surface area contributed by atoms with Crippen LogP contribution in [-0.2, 0) is 14.8 Å². The number of hydrogen-bond donors (Lipinski definition) is 1. The summed E-state index contributed by atoms with van der Waals surface area (Å²) in [5, 5.41) is 0. The number of sulfonamides is 1. The second-order valence-electron chi connectivity index (χ2n) is 2.05. The molecule has 1 aromatic rings. The molecule has 1 aromatic carbocycles. The van der Waals surface area contributed by atoms with Gasteiger partial charge in [0, 0.05) is 0 Å². The summed E-state index contributed by atoms with van der Waals surface area (Å²) in [6.45, 7) is 0. The highest BCUT2D eigenvalue weighted by Gasteiger charge is 2.10. The molecular formula is C7H7NO3S. The third-order valence-electron chi connectivity index (χ3n) is 1.26. The summed E-state index contributed by atoms with van der Waals surface area (Å²) in [6, 6.07) is 7.68. The summed E-state index contributed by atoms with van der Waals surface area (Å²) in [4.78, 5) is 9.98. The van der Waals surface area contributed by atoms with Crippen molar-refractivity contribution >= 4 is 16.4 Å². The fraction of sp³-hybridized carbons (Fsp3) is 0. The van der Waals surface area contributed by atoms with Crippen molar-refractivity contribution in [3.05, 3.63) is 30.3 Å². The van der Waals surface area contributed by atoms with Gasteiger partial charge < -0.3 is 0 Å². The van der Waals surface area contributed by atoms with Crippen LogP contribution in [0, 0.1) is 0 Å². The molecular weight excluding hydrogens is 178 g/mol. The molecule has 0 saturated heterocycles. The number of benzene rings is 1. The molecule has 0 aliphatic heterocycles. The van der Waals surface area contributed by atoms with Crippen LogP contribution < -0.4 is 4.72 Å². The second-order valence-corrected chi connectivity index (χ2v) is 3.77. The number of carbonyl (C=O) groups excluding carboxylic acids is 1. The molecule has 12 heavy (non-hydrogen) atoms. The van der Waals surface area contributed by atoms with Crippen LogP contribution in [-0.4, -0.2) is 14.8 Å². The Balaban J connectivity index is 3.07. The molecule has 0 aromatic heterocycles. The maximum absolute atomic E-state index is 11.1. The number of carbonyl (C=O) groups is 1. The zero-order valence-electron chi connectivity index (χ0n) is 6.10. The number of hydrogen-bond acceptors (Lipinski definition) is 3. The van der Waals surface area contributed by atoms with E-state index in [1.165, 1.54) is 12.1 Å². The third-order valence-corrected chi connectivity index (χ3v) is 2.56. The average molecular weight is 185 g/mol. The highest BCUT2D eigenvalue weighted by Crippen LogP contribution is 2.05. The lowest BCUT2D eigenvalue weighted by molar-refractivity contribution is -0.108. The predicted molar refractivity (Wildman–Crippen MR) is 42.8 cm³/mol. The van der Waals surface area contributed by atoms with Gasteiger partial charge >= 0.3 is 0 Å². The van der Waals surface area contributed by atoms with Gasteiger partial charge in [0.15, 0.2) is 0 Å². The normalized spacial score (nSPS) is 10.7. The summed E-state index contributed by atoms with van der Waals surface area (Å²) in [5.41, 5.74) is 0. The lowest BCUT2D eigenvalue weighted by Crippen LogP contribution is -2.21. The zero-order chi connectivity index (χ0) is 9.03. The van der Waals surface area contributed by atoms with E-state index >= 15 is 0 Å². The molecule has 0 bridgehead atoms. The van der Waals surface area contributed by atoms with Gasteiger partial charge in [0.25, 0.3) is 10.0 Å². The van der Waals surface area contributed by atoms with Crippen LogP contribution in [0.1, 0.15) is 0 Å². The van der Waals surface area contributed by atoms with E-state index in [0.29, 0.717) is 0 Å². The molecule has 0 aliphatic carbocycles. The third kappa shape index (κ3) is 1.82.